The molecule has 294 valence electrons. The number of hydrogen-bond acceptors (Lipinski definition) is 5. The molecule has 3 heterocycles. The maximum absolute atomic E-state index is 5.30. The summed E-state index contributed by atoms with van der Waals surface area (Å²) in [5.74, 6) is 1.80. The Bertz CT molecular complexity index is 3270. The summed E-state index contributed by atoms with van der Waals surface area (Å²) in [6.07, 6.45) is 3.64. The molecule has 5 heteroatoms. The van der Waals surface area contributed by atoms with Gasteiger partial charge in [0, 0.05) is 50.7 Å². The van der Waals surface area contributed by atoms with Gasteiger partial charge in [-0.3, -0.25) is 9.97 Å². The summed E-state index contributed by atoms with van der Waals surface area (Å²) >= 11 is 0. The summed E-state index contributed by atoms with van der Waals surface area (Å²) in [6.45, 7) is 9.32. The zero-order valence-electron chi connectivity index (χ0n) is 35.0. The SMILES string of the molecule is CC1(C)c2ccccc2-c2cc(-c3cc(-c4ccc5c(c4)-c4ccccc4C5(C)C)cc(-c4nc(-c5ccc6ncccc6c5)nc(-c5ccc6ncccc6c5)n4)c3)ccc21. The van der Waals surface area contributed by atoms with Gasteiger partial charge >= 0.3 is 0 Å². The lowest BCUT2D eigenvalue weighted by Gasteiger charge is -2.21. The van der Waals surface area contributed by atoms with Crippen LogP contribution in [0.3, 0.4) is 0 Å². The van der Waals surface area contributed by atoms with E-state index in [0.29, 0.717) is 17.5 Å². The standard InChI is InChI=1S/C57H41N5/c1-56(2)47-15-7-5-13-43(47)45-32-34(17-21-49(45)56)40-29-41(35-18-22-50-46(33-35)44-14-6-8-16-48(44)57(50,3)4)31-42(30-40)55-61-53(38-19-23-51-36(27-38)11-9-25-58-51)60-54(62-55)39-20-24-52-37(28-39)12-10-26-59-52/h5-33H,1-4H3. The number of fused-ring (bicyclic) bond motifs is 8. The molecule has 2 aliphatic carbocycles. The van der Waals surface area contributed by atoms with Crippen molar-refractivity contribution >= 4 is 21.8 Å². The van der Waals surface area contributed by atoms with Gasteiger partial charge in [0.2, 0.25) is 0 Å². The molecule has 0 fully saturated rings. The summed E-state index contributed by atoms with van der Waals surface area (Å²) in [5, 5.41) is 2.05. The molecular formula is C57H41N5. The van der Waals surface area contributed by atoms with Gasteiger partial charge in [0.1, 0.15) is 0 Å². The van der Waals surface area contributed by atoms with Gasteiger partial charge in [0.05, 0.1) is 11.0 Å². The number of nitrogens with zero attached hydrogens (tertiary/aromatic N) is 5. The molecule has 0 N–H and O–H groups in total. The maximum Gasteiger partial charge on any atom is 0.164 e. The smallest absolute Gasteiger partial charge is 0.164 e. The van der Waals surface area contributed by atoms with Gasteiger partial charge in [-0.05, 0) is 146 Å². The Morgan fingerprint density at radius 1 is 0.306 bits per heavy atom. The molecule has 0 aliphatic heterocycles. The van der Waals surface area contributed by atoms with Gasteiger partial charge in [0.25, 0.3) is 0 Å². The van der Waals surface area contributed by atoms with Crippen LogP contribution in [0.5, 0.6) is 0 Å². The lowest BCUT2D eigenvalue weighted by Crippen LogP contribution is -2.14. The monoisotopic (exact) mass is 795 g/mol. The summed E-state index contributed by atoms with van der Waals surface area (Å²) in [7, 11) is 0. The predicted molar refractivity (Wildman–Crippen MR) is 253 cm³/mol. The van der Waals surface area contributed by atoms with Crippen molar-refractivity contribution in [2.45, 2.75) is 38.5 Å². The molecule has 0 unspecified atom stereocenters. The molecule has 7 aromatic carbocycles. The molecule has 10 aromatic rings. The highest BCUT2D eigenvalue weighted by molar-refractivity contribution is 5.90. The van der Waals surface area contributed by atoms with E-state index in [4.69, 9.17) is 15.0 Å². The van der Waals surface area contributed by atoms with Crippen LogP contribution in [-0.2, 0) is 10.8 Å². The third-order valence-electron chi connectivity index (χ3n) is 13.4. The highest BCUT2D eigenvalue weighted by Gasteiger charge is 2.36. The summed E-state index contributed by atoms with van der Waals surface area (Å²) in [4.78, 5) is 24.9. The van der Waals surface area contributed by atoms with E-state index in [-0.39, 0.29) is 10.8 Å². The van der Waals surface area contributed by atoms with Crippen LogP contribution in [0.1, 0.15) is 49.9 Å². The van der Waals surface area contributed by atoms with Crippen LogP contribution in [0, 0.1) is 0 Å². The van der Waals surface area contributed by atoms with E-state index < -0.39 is 0 Å². The van der Waals surface area contributed by atoms with E-state index in [0.717, 1.165) is 60.8 Å². The van der Waals surface area contributed by atoms with Crippen molar-refractivity contribution in [3.05, 3.63) is 198 Å². The molecule has 0 atom stereocenters. The first kappa shape index (κ1) is 36.2. The number of rotatable bonds is 5. The molecule has 62 heavy (non-hydrogen) atoms. The average molecular weight is 796 g/mol. The van der Waals surface area contributed by atoms with Crippen LogP contribution >= 0.6 is 0 Å². The maximum atomic E-state index is 5.30. The zero-order valence-corrected chi connectivity index (χ0v) is 35.0. The normalized spacial score (nSPS) is 14.1. The average Bonchev–Trinajstić information content (AvgIpc) is 3.69. The van der Waals surface area contributed by atoms with Gasteiger partial charge < -0.3 is 0 Å². The lowest BCUT2D eigenvalue weighted by atomic mass is 9.82. The molecule has 0 saturated heterocycles. The van der Waals surface area contributed by atoms with Gasteiger partial charge in [0.15, 0.2) is 17.5 Å². The summed E-state index contributed by atoms with van der Waals surface area (Å²) in [6, 6.07) is 59.0. The molecule has 0 spiro atoms. The fraction of sp³-hybridized carbons (Fsp3) is 0.105. The van der Waals surface area contributed by atoms with Crippen molar-refractivity contribution < 1.29 is 0 Å². The predicted octanol–water partition coefficient (Wildman–Crippen LogP) is 13.9. The third-order valence-corrected chi connectivity index (χ3v) is 13.4. The van der Waals surface area contributed by atoms with Gasteiger partial charge in [-0.2, -0.15) is 0 Å². The Hall–Kier alpha value is -7.63. The van der Waals surface area contributed by atoms with Crippen molar-refractivity contribution in [2.75, 3.05) is 0 Å². The quantitative estimate of drug-likeness (QED) is 0.174. The second-order valence-electron chi connectivity index (χ2n) is 17.8. The molecule has 0 saturated carbocycles. The summed E-state index contributed by atoms with van der Waals surface area (Å²) < 4.78 is 0. The first-order chi connectivity index (χ1) is 30.2. The lowest BCUT2D eigenvalue weighted by molar-refractivity contribution is 0.660. The van der Waals surface area contributed by atoms with E-state index in [1.165, 1.54) is 44.5 Å². The topological polar surface area (TPSA) is 64.5 Å². The van der Waals surface area contributed by atoms with Gasteiger partial charge in [-0.25, -0.2) is 15.0 Å². The van der Waals surface area contributed by atoms with Crippen LogP contribution in [0.25, 0.3) is 100 Å². The summed E-state index contributed by atoms with van der Waals surface area (Å²) in [5.41, 5.74) is 19.5. The second kappa shape index (κ2) is 13.4. The van der Waals surface area contributed by atoms with E-state index >= 15 is 0 Å². The minimum Gasteiger partial charge on any atom is -0.256 e. The van der Waals surface area contributed by atoms with Gasteiger partial charge in [-0.1, -0.05) is 113 Å². The van der Waals surface area contributed by atoms with E-state index in [9.17, 15) is 0 Å². The third kappa shape index (κ3) is 5.65. The van der Waals surface area contributed by atoms with Crippen molar-refractivity contribution in [1.29, 1.82) is 0 Å². The molecule has 2 aliphatic rings. The van der Waals surface area contributed by atoms with Crippen LogP contribution in [0.15, 0.2) is 176 Å². The zero-order chi connectivity index (χ0) is 41.7. The Morgan fingerprint density at radius 3 is 1.19 bits per heavy atom. The van der Waals surface area contributed by atoms with Crippen LogP contribution < -0.4 is 0 Å². The van der Waals surface area contributed by atoms with Crippen molar-refractivity contribution in [3.8, 4) is 78.7 Å². The Morgan fingerprint density at radius 2 is 0.710 bits per heavy atom. The van der Waals surface area contributed by atoms with Crippen LogP contribution in [0.4, 0.5) is 0 Å². The first-order valence-corrected chi connectivity index (χ1v) is 21.3. The number of benzene rings is 7. The highest BCUT2D eigenvalue weighted by atomic mass is 15.0. The van der Waals surface area contributed by atoms with Crippen molar-refractivity contribution in [1.82, 2.24) is 24.9 Å². The fourth-order valence-corrected chi connectivity index (χ4v) is 10.1. The van der Waals surface area contributed by atoms with Crippen LogP contribution in [-0.4, -0.2) is 24.9 Å². The number of pyridine rings is 2. The minimum atomic E-state index is -0.0821. The highest BCUT2D eigenvalue weighted by Crippen LogP contribution is 2.51. The van der Waals surface area contributed by atoms with Gasteiger partial charge in [-0.15, -0.1) is 0 Å². The molecule has 0 bridgehead atoms. The van der Waals surface area contributed by atoms with Crippen molar-refractivity contribution in [3.63, 3.8) is 0 Å². The van der Waals surface area contributed by atoms with E-state index in [1.807, 2.05) is 36.7 Å². The largest absolute Gasteiger partial charge is 0.256 e. The minimum absolute atomic E-state index is 0.0821. The molecule has 3 aromatic heterocycles. The number of hydrogen-bond donors (Lipinski definition) is 0. The van der Waals surface area contributed by atoms with E-state index in [2.05, 4.69) is 177 Å². The fourth-order valence-electron chi connectivity index (χ4n) is 10.1. The van der Waals surface area contributed by atoms with E-state index in [1.54, 1.807) is 0 Å². The Balaban J connectivity index is 1.09. The van der Waals surface area contributed by atoms with Crippen LogP contribution in [0.2, 0.25) is 0 Å². The molecule has 12 rings (SSSR count). The second-order valence-corrected chi connectivity index (χ2v) is 17.8. The molecule has 0 radical (unpaired) electrons. The number of aromatic nitrogens is 5. The molecular weight excluding hydrogens is 755 g/mol. The van der Waals surface area contributed by atoms with Crippen molar-refractivity contribution in [2.24, 2.45) is 0 Å². The Kier molecular flexibility index (Phi) is 7.85. The first-order valence-electron chi connectivity index (χ1n) is 21.3. The molecule has 0 amide bonds. The molecule has 5 nitrogen and oxygen atoms in total. The Labute approximate surface area is 360 Å².